The van der Waals surface area contributed by atoms with Crippen molar-refractivity contribution in [2.75, 3.05) is 13.2 Å². The second-order valence-corrected chi connectivity index (χ2v) is 5.97. The molecule has 0 spiro atoms. The standard InChI is InChI=1S/C16H20BrNO2/c1-11(2)18-9-12(19)10-20-16-8-7-15(17)13-5-3-4-6-14(13)16/h3-8,11-12,18-19H,9-10H2,1-2H3. The number of fused-ring (bicyclic) bond motifs is 1. The van der Waals surface area contributed by atoms with Gasteiger partial charge in [0, 0.05) is 22.4 Å². The van der Waals surface area contributed by atoms with Gasteiger partial charge < -0.3 is 15.2 Å². The molecule has 20 heavy (non-hydrogen) atoms. The molecule has 2 aromatic rings. The molecule has 2 N–H and O–H groups in total. The van der Waals surface area contributed by atoms with Gasteiger partial charge in [-0.1, -0.05) is 54.0 Å². The van der Waals surface area contributed by atoms with Crippen LogP contribution in [0.1, 0.15) is 13.8 Å². The number of rotatable bonds is 6. The topological polar surface area (TPSA) is 41.5 Å². The Labute approximate surface area is 128 Å². The maximum atomic E-state index is 9.89. The molecule has 0 saturated carbocycles. The zero-order valence-electron chi connectivity index (χ0n) is 11.8. The molecule has 0 aliphatic carbocycles. The highest BCUT2D eigenvalue weighted by molar-refractivity contribution is 9.10. The van der Waals surface area contributed by atoms with Crippen molar-refractivity contribution in [3.63, 3.8) is 0 Å². The van der Waals surface area contributed by atoms with E-state index in [2.05, 4.69) is 35.1 Å². The van der Waals surface area contributed by atoms with Crippen LogP contribution in [-0.4, -0.2) is 30.4 Å². The Kier molecular flexibility index (Phi) is 5.40. The van der Waals surface area contributed by atoms with Crippen molar-refractivity contribution in [3.05, 3.63) is 40.9 Å². The van der Waals surface area contributed by atoms with E-state index in [4.69, 9.17) is 4.74 Å². The monoisotopic (exact) mass is 337 g/mol. The van der Waals surface area contributed by atoms with Gasteiger partial charge >= 0.3 is 0 Å². The summed E-state index contributed by atoms with van der Waals surface area (Å²) in [7, 11) is 0. The minimum absolute atomic E-state index is 0.283. The van der Waals surface area contributed by atoms with E-state index in [1.165, 1.54) is 0 Å². The molecule has 2 aromatic carbocycles. The van der Waals surface area contributed by atoms with E-state index in [9.17, 15) is 5.11 Å². The summed E-state index contributed by atoms with van der Waals surface area (Å²) in [5.74, 6) is 0.799. The van der Waals surface area contributed by atoms with Crippen LogP contribution in [0.5, 0.6) is 5.75 Å². The average Bonchev–Trinajstić information content (AvgIpc) is 2.45. The lowest BCUT2D eigenvalue weighted by Gasteiger charge is -2.16. The third-order valence-corrected chi connectivity index (χ3v) is 3.72. The van der Waals surface area contributed by atoms with Gasteiger partial charge in [-0.2, -0.15) is 0 Å². The summed E-state index contributed by atoms with van der Waals surface area (Å²) in [6, 6.07) is 12.3. The molecule has 0 aliphatic rings. The van der Waals surface area contributed by atoms with Crippen LogP contribution in [-0.2, 0) is 0 Å². The van der Waals surface area contributed by atoms with E-state index in [0.29, 0.717) is 12.6 Å². The first-order chi connectivity index (χ1) is 9.58. The van der Waals surface area contributed by atoms with Crippen molar-refractivity contribution in [1.82, 2.24) is 5.32 Å². The third kappa shape index (κ3) is 3.95. The maximum absolute atomic E-state index is 9.89. The number of halogens is 1. The van der Waals surface area contributed by atoms with E-state index in [-0.39, 0.29) is 6.61 Å². The van der Waals surface area contributed by atoms with Gasteiger partial charge in [-0.05, 0) is 17.5 Å². The van der Waals surface area contributed by atoms with E-state index >= 15 is 0 Å². The van der Waals surface area contributed by atoms with Crippen LogP contribution < -0.4 is 10.1 Å². The van der Waals surface area contributed by atoms with Crippen molar-refractivity contribution >= 4 is 26.7 Å². The van der Waals surface area contributed by atoms with E-state index in [1.807, 2.05) is 36.4 Å². The summed E-state index contributed by atoms with van der Waals surface area (Å²) < 4.78 is 6.80. The summed E-state index contributed by atoms with van der Waals surface area (Å²) in [4.78, 5) is 0. The molecule has 0 aromatic heterocycles. The molecule has 3 nitrogen and oxygen atoms in total. The first-order valence-corrected chi connectivity index (χ1v) is 7.58. The number of aliphatic hydroxyl groups excluding tert-OH is 1. The van der Waals surface area contributed by atoms with Crippen molar-refractivity contribution in [3.8, 4) is 5.75 Å². The number of ether oxygens (including phenoxy) is 1. The van der Waals surface area contributed by atoms with Crippen LogP contribution in [0.3, 0.4) is 0 Å². The highest BCUT2D eigenvalue weighted by Crippen LogP contribution is 2.31. The lowest BCUT2D eigenvalue weighted by atomic mass is 10.1. The van der Waals surface area contributed by atoms with Gasteiger partial charge in [0.25, 0.3) is 0 Å². The second-order valence-electron chi connectivity index (χ2n) is 5.12. The molecule has 0 radical (unpaired) electrons. The van der Waals surface area contributed by atoms with Crippen LogP contribution in [0.15, 0.2) is 40.9 Å². The number of nitrogens with one attached hydrogen (secondary N) is 1. The predicted molar refractivity (Wildman–Crippen MR) is 86.3 cm³/mol. The van der Waals surface area contributed by atoms with Crippen molar-refractivity contribution in [2.45, 2.75) is 26.0 Å². The Morgan fingerprint density at radius 1 is 1.15 bits per heavy atom. The highest BCUT2D eigenvalue weighted by Gasteiger charge is 2.09. The van der Waals surface area contributed by atoms with Crippen molar-refractivity contribution in [1.29, 1.82) is 0 Å². The molecule has 0 amide bonds. The Hall–Kier alpha value is -1.10. The van der Waals surface area contributed by atoms with Crippen molar-refractivity contribution < 1.29 is 9.84 Å². The van der Waals surface area contributed by atoms with Crippen LogP contribution in [0.25, 0.3) is 10.8 Å². The van der Waals surface area contributed by atoms with E-state index in [1.54, 1.807) is 0 Å². The first-order valence-electron chi connectivity index (χ1n) is 6.79. The fourth-order valence-electron chi connectivity index (χ4n) is 1.98. The van der Waals surface area contributed by atoms with Gasteiger partial charge in [0.05, 0.1) is 0 Å². The van der Waals surface area contributed by atoms with Crippen molar-refractivity contribution in [2.24, 2.45) is 0 Å². The molecule has 1 atom stereocenters. The Balaban J connectivity index is 2.05. The Morgan fingerprint density at radius 2 is 1.85 bits per heavy atom. The summed E-state index contributed by atoms with van der Waals surface area (Å²) >= 11 is 3.54. The minimum Gasteiger partial charge on any atom is -0.490 e. The van der Waals surface area contributed by atoms with Gasteiger partial charge in [0.1, 0.15) is 18.5 Å². The second kappa shape index (κ2) is 7.07. The van der Waals surface area contributed by atoms with Gasteiger partial charge in [0.2, 0.25) is 0 Å². The molecule has 1 unspecified atom stereocenters. The molecule has 0 aliphatic heterocycles. The highest BCUT2D eigenvalue weighted by atomic mass is 79.9. The van der Waals surface area contributed by atoms with Crippen LogP contribution in [0.4, 0.5) is 0 Å². The average molecular weight is 338 g/mol. The van der Waals surface area contributed by atoms with Gasteiger partial charge in [-0.15, -0.1) is 0 Å². The summed E-state index contributed by atoms with van der Waals surface area (Å²) in [5.41, 5.74) is 0. The number of aliphatic hydroxyl groups is 1. The summed E-state index contributed by atoms with van der Waals surface area (Å²) in [6.07, 6.45) is -0.514. The zero-order valence-corrected chi connectivity index (χ0v) is 13.4. The molecule has 4 heteroatoms. The van der Waals surface area contributed by atoms with Crippen LogP contribution >= 0.6 is 15.9 Å². The Morgan fingerprint density at radius 3 is 2.55 bits per heavy atom. The number of benzene rings is 2. The van der Waals surface area contributed by atoms with Gasteiger partial charge in [-0.25, -0.2) is 0 Å². The van der Waals surface area contributed by atoms with Gasteiger partial charge in [0.15, 0.2) is 0 Å². The molecule has 0 bridgehead atoms. The van der Waals surface area contributed by atoms with Crippen LogP contribution in [0.2, 0.25) is 0 Å². The first kappa shape index (κ1) is 15.3. The quantitative estimate of drug-likeness (QED) is 0.849. The predicted octanol–water partition coefficient (Wildman–Crippen LogP) is 3.34. The maximum Gasteiger partial charge on any atom is 0.127 e. The normalized spacial score (nSPS) is 12.8. The molecule has 0 heterocycles. The molecule has 0 fully saturated rings. The minimum atomic E-state index is -0.514. The fourth-order valence-corrected chi connectivity index (χ4v) is 2.46. The van der Waals surface area contributed by atoms with E-state index < -0.39 is 6.10 Å². The van der Waals surface area contributed by atoms with Gasteiger partial charge in [-0.3, -0.25) is 0 Å². The Bertz CT molecular complexity index is 571. The molecule has 2 rings (SSSR count). The summed E-state index contributed by atoms with van der Waals surface area (Å²) in [5, 5.41) is 15.2. The summed E-state index contributed by atoms with van der Waals surface area (Å²) in [6.45, 7) is 4.92. The number of hydrogen-bond acceptors (Lipinski definition) is 3. The number of hydrogen-bond donors (Lipinski definition) is 2. The third-order valence-electron chi connectivity index (χ3n) is 3.02. The fraction of sp³-hybridized carbons (Fsp3) is 0.375. The largest absolute Gasteiger partial charge is 0.490 e. The van der Waals surface area contributed by atoms with E-state index in [0.717, 1.165) is 21.0 Å². The van der Waals surface area contributed by atoms with Crippen LogP contribution in [0, 0.1) is 0 Å². The molecular weight excluding hydrogens is 318 g/mol. The molecular formula is C16H20BrNO2. The SMILES string of the molecule is CC(C)NCC(O)COc1ccc(Br)c2ccccc12. The lowest BCUT2D eigenvalue weighted by Crippen LogP contribution is -2.35. The molecule has 108 valence electrons. The smallest absolute Gasteiger partial charge is 0.127 e. The molecule has 0 saturated heterocycles. The lowest BCUT2D eigenvalue weighted by molar-refractivity contribution is 0.105. The zero-order chi connectivity index (χ0) is 14.5.